The Balaban J connectivity index is 1.86. The Labute approximate surface area is 183 Å². The molecule has 9 nitrogen and oxygen atoms in total. The Hall–Kier alpha value is -3.27. The van der Waals surface area contributed by atoms with Gasteiger partial charge in [0, 0.05) is 22.1 Å². The summed E-state index contributed by atoms with van der Waals surface area (Å²) >= 11 is 0. The number of nitrogens with zero attached hydrogens (tertiary/aromatic N) is 2. The third kappa shape index (κ3) is 2.59. The summed E-state index contributed by atoms with van der Waals surface area (Å²) in [6.07, 6.45) is -0.222. The molecule has 0 fully saturated rings. The lowest BCUT2D eigenvalue weighted by Crippen LogP contribution is -2.44. The van der Waals surface area contributed by atoms with Gasteiger partial charge >= 0.3 is 5.97 Å². The van der Waals surface area contributed by atoms with Crippen LogP contribution in [0.5, 0.6) is 5.75 Å². The summed E-state index contributed by atoms with van der Waals surface area (Å²) in [6.45, 7) is 1.75. The number of hydrogen-bond donors (Lipinski definition) is 4. The van der Waals surface area contributed by atoms with Crippen molar-refractivity contribution in [1.29, 1.82) is 0 Å². The van der Waals surface area contributed by atoms with E-state index < -0.39 is 11.6 Å². The molecular formula is C23H24N4O5. The second-order valence-electron chi connectivity index (χ2n) is 8.14. The van der Waals surface area contributed by atoms with E-state index in [-0.39, 0.29) is 48.2 Å². The monoisotopic (exact) mass is 436 g/mol. The van der Waals surface area contributed by atoms with Crippen molar-refractivity contribution in [3.8, 4) is 17.1 Å². The molecule has 1 atom stereocenters. The van der Waals surface area contributed by atoms with E-state index in [1.165, 1.54) is 0 Å². The van der Waals surface area contributed by atoms with E-state index in [2.05, 4.69) is 10.6 Å². The number of carbonyl (C=O) groups excluding carboxylic acids is 1. The Morgan fingerprint density at radius 1 is 1.25 bits per heavy atom. The molecule has 4 N–H and O–H groups in total. The summed E-state index contributed by atoms with van der Waals surface area (Å²) < 4.78 is 6.72. The molecule has 0 bridgehead atoms. The van der Waals surface area contributed by atoms with Crippen LogP contribution in [0.4, 0.5) is 0 Å². The lowest BCUT2D eigenvalue weighted by atomic mass is 9.86. The molecule has 0 radical (unpaired) electrons. The first-order chi connectivity index (χ1) is 15.3. The number of phenols is 1. The second kappa shape index (κ2) is 7.13. The van der Waals surface area contributed by atoms with Crippen LogP contribution < -0.4 is 16.2 Å². The normalized spacial score (nSPS) is 19.1. The van der Waals surface area contributed by atoms with E-state index in [4.69, 9.17) is 9.72 Å². The van der Waals surface area contributed by atoms with Crippen molar-refractivity contribution in [2.24, 2.45) is 0 Å². The van der Waals surface area contributed by atoms with Gasteiger partial charge in [0.15, 0.2) is 5.60 Å². The maximum atomic E-state index is 13.4. The van der Waals surface area contributed by atoms with Gasteiger partial charge in [0.25, 0.3) is 5.56 Å². The molecular weight excluding hydrogens is 412 g/mol. The molecule has 0 unspecified atom stereocenters. The number of cyclic esters (lactones) is 1. The van der Waals surface area contributed by atoms with Crippen molar-refractivity contribution in [2.75, 3.05) is 14.1 Å². The molecule has 2 aliphatic rings. The molecule has 0 saturated carbocycles. The van der Waals surface area contributed by atoms with Gasteiger partial charge < -0.3 is 30.2 Å². The fourth-order valence-corrected chi connectivity index (χ4v) is 4.90. The number of carbonyl (C=O) groups is 1. The lowest BCUT2D eigenvalue weighted by Gasteiger charge is -2.31. The fraction of sp³-hybridized carbons (Fsp3) is 0.348. The van der Waals surface area contributed by atoms with Crippen LogP contribution in [0.15, 0.2) is 29.1 Å². The highest BCUT2D eigenvalue weighted by molar-refractivity contribution is 5.93. The Morgan fingerprint density at radius 3 is 2.69 bits per heavy atom. The van der Waals surface area contributed by atoms with E-state index in [9.17, 15) is 19.8 Å². The summed E-state index contributed by atoms with van der Waals surface area (Å²) in [4.78, 5) is 30.6. The molecule has 3 aromatic rings. The average Bonchev–Trinajstić information content (AvgIpc) is 3.16. The smallest absolute Gasteiger partial charge is 0.343 e. The molecule has 1 aromatic carbocycles. The second-order valence-corrected chi connectivity index (χ2v) is 8.14. The van der Waals surface area contributed by atoms with Gasteiger partial charge in [-0.25, -0.2) is 9.78 Å². The van der Waals surface area contributed by atoms with E-state index in [0.29, 0.717) is 22.3 Å². The Bertz CT molecular complexity index is 1340. The first kappa shape index (κ1) is 20.6. The minimum Gasteiger partial charge on any atom is -0.507 e. The quantitative estimate of drug-likeness (QED) is 0.278. The molecule has 0 saturated heterocycles. The first-order valence-electron chi connectivity index (χ1n) is 10.5. The molecule has 4 heterocycles. The number of aromatic nitrogens is 2. The van der Waals surface area contributed by atoms with Crippen LogP contribution in [0.25, 0.3) is 22.3 Å². The zero-order chi connectivity index (χ0) is 22.8. The molecule has 0 amide bonds. The maximum absolute atomic E-state index is 13.4. The average molecular weight is 436 g/mol. The molecule has 2 aromatic heterocycles. The van der Waals surface area contributed by atoms with Crippen molar-refractivity contribution >= 4 is 16.9 Å². The Morgan fingerprint density at radius 2 is 2.00 bits per heavy atom. The predicted molar refractivity (Wildman–Crippen MR) is 117 cm³/mol. The number of rotatable bonds is 4. The van der Waals surface area contributed by atoms with Crippen LogP contribution in [0.3, 0.4) is 0 Å². The standard InChI is InChI=1S/C23H24N4O5/c1-4-23(31)13-8-15-19-11(9-27(15)21(29)12(13)10-32-22(23)30)17(20(24-2)25-3)18-14(26-19)6-5-7-16(18)28/h5-8,20,24-25,28,31H,4,9-10H2,1-3H3/t23-/m0/s1. The zero-order valence-corrected chi connectivity index (χ0v) is 18.0. The number of phenolic OH excluding ortho intramolecular Hbond substituents is 1. The summed E-state index contributed by atoms with van der Waals surface area (Å²) in [5.41, 5.74) is 1.65. The highest BCUT2D eigenvalue weighted by Gasteiger charge is 2.45. The Kier molecular flexibility index (Phi) is 4.59. The van der Waals surface area contributed by atoms with E-state index >= 15 is 0 Å². The van der Waals surface area contributed by atoms with Gasteiger partial charge in [0.1, 0.15) is 12.4 Å². The van der Waals surface area contributed by atoms with E-state index in [1.54, 1.807) is 49.9 Å². The largest absolute Gasteiger partial charge is 0.507 e. The lowest BCUT2D eigenvalue weighted by molar-refractivity contribution is -0.172. The topological polar surface area (TPSA) is 126 Å². The third-order valence-corrected chi connectivity index (χ3v) is 6.60. The summed E-state index contributed by atoms with van der Waals surface area (Å²) in [6, 6.07) is 6.82. The number of esters is 1. The minimum atomic E-state index is -1.87. The molecule has 32 heavy (non-hydrogen) atoms. The van der Waals surface area contributed by atoms with Crippen LogP contribution >= 0.6 is 0 Å². The SMILES string of the molecule is CC[C@@]1(O)C(=O)OCc2c1cc1n(c2=O)Cc2c-1nc1cccc(O)c1c2C(NC)NC. The maximum Gasteiger partial charge on any atom is 0.343 e. The molecule has 0 spiro atoms. The molecule has 2 aliphatic heterocycles. The highest BCUT2D eigenvalue weighted by Crippen LogP contribution is 2.42. The number of aliphatic hydroxyl groups is 1. The van der Waals surface area contributed by atoms with Crippen LogP contribution in [0.2, 0.25) is 0 Å². The number of fused-ring (bicyclic) bond motifs is 5. The molecule has 166 valence electrons. The summed E-state index contributed by atoms with van der Waals surface area (Å²) in [5.74, 6) is -0.650. The zero-order valence-electron chi connectivity index (χ0n) is 18.0. The number of aromatic hydroxyl groups is 1. The number of hydrogen-bond acceptors (Lipinski definition) is 8. The van der Waals surface area contributed by atoms with Gasteiger partial charge in [0.2, 0.25) is 0 Å². The van der Waals surface area contributed by atoms with Crippen molar-refractivity contribution in [3.05, 3.63) is 56.9 Å². The molecule has 0 aliphatic carbocycles. The van der Waals surface area contributed by atoms with E-state index in [1.807, 2.05) is 0 Å². The van der Waals surface area contributed by atoms with Crippen LogP contribution in [-0.4, -0.2) is 39.8 Å². The van der Waals surface area contributed by atoms with Crippen LogP contribution in [0.1, 0.15) is 41.8 Å². The van der Waals surface area contributed by atoms with Gasteiger partial charge in [-0.2, -0.15) is 0 Å². The van der Waals surface area contributed by atoms with Gasteiger partial charge in [-0.3, -0.25) is 4.79 Å². The van der Waals surface area contributed by atoms with Gasteiger partial charge in [-0.1, -0.05) is 13.0 Å². The third-order valence-electron chi connectivity index (χ3n) is 6.60. The predicted octanol–water partition coefficient (Wildman–Crippen LogP) is 1.22. The van der Waals surface area contributed by atoms with Crippen molar-refractivity contribution in [2.45, 2.75) is 38.3 Å². The molecule has 9 heteroatoms. The van der Waals surface area contributed by atoms with Crippen LogP contribution in [0, 0.1) is 0 Å². The van der Waals surface area contributed by atoms with Crippen molar-refractivity contribution in [1.82, 2.24) is 20.2 Å². The van der Waals surface area contributed by atoms with Crippen molar-refractivity contribution < 1.29 is 19.7 Å². The number of benzene rings is 1. The fourth-order valence-electron chi connectivity index (χ4n) is 4.90. The minimum absolute atomic E-state index is 0.0838. The first-order valence-corrected chi connectivity index (χ1v) is 10.5. The van der Waals surface area contributed by atoms with Gasteiger partial charge in [-0.05, 0) is 38.7 Å². The van der Waals surface area contributed by atoms with E-state index in [0.717, 1.165) is 11.1 Å². The summed E-state index contributed by atoms with van der Waals surface area (Å²) in [7, 11) is 3.61. The highest BCUT2D eigenvalue weighted by atomic mass is 16.6. The number of nitrogens with one attached hydrogen (secondary N) is 2. The van der Waals surface area contributed by atoms with Crippen LogP contribution in [-0.2, 0) is 28.3 Å². The summed E-state index contributed by atoms with van der Waals surface area (Å²) in [5, 5.41) is 28.7. The molecule has 5 rings (SSSR count). The van der Waals surface area contributed by atoms with Crippen molar-refractivity contribution in [3.63, 3.8) is 0 Å². The number of ether oxygens (including phenoxy) is 1. The van der Waals surface area contributed by atoms with Gasteiger partial charge in [0.05, 0.1) is 35.2 Å². The number of pyridine rings is 2. The van der Waals surface area contributed by atoms with Gasteiger partial charge in [-0.15, -0.1) is 0 Å².